The van der Waals surface area contributed by atoms with E-state index in [1.807, 2.05) is 42.1 Å². The molecule has 5 nitrogen and oxygen atoms in total. The topological polar surface area (TPSA) is 50.2 Å². The van der Waals surface area contributed by atoms with Crippen LogP contribution in [0.2, 0.25) is 0 Å². The molecule has 25 heavy (non-hydrogen) atoms. The third-order valence-corrected chi connectivity index (χ3v) is 5.29. The molecule has 0 aliphatic rings. The zero-order valence-corrected chi connectivity index (χ0v) is 16.2. The second-order valence-corrected chi connectivity index (χ2v) is 6.89. The largest absolute Gasteiger partial charge is 0.352 e. The Morgan fingerprint density at radius 2 is 2.12 bits per heavy atom. The van der Waals surface area contributed by atoms with Gasteiger partial charge in [0, 0.05) is 37.3 Å². The second kappa shape index (κ2) is 10.3. The van der Waals surface area contributed by atoms with E-state index in [1.165, 1.54) is 0 Å². The molecule has 0 spiro atoms. The van der Waals surface area contributed by atoms with Crippen molar-refractivity contribution in [2.45, 2.75) is 31.2 Å². The highest BCUT2D eigenvalue weighted by Gasteiger charge is 2.07. The van der Waals surface area contributed by atoms with Crippen molar-refractivity contribution in [1.29, 1.82) is 0 Å². The van der Waals surface area contributed by atoms with Gasteiger partial charge in [-0.3, -0.25) is 4.79 Å². The van der Waals surface area contributed by atoms with Gasteiger partial charge in [0.25, 0.3) is 5.91 Å². The van der Waals surface area contributed by atoms with Crippen LogP contribution in [0.15, 0.2) is 41.8 Å². The van der Waals surface area contributed by atoms with Gasteiger partial charge in [0.15, 0.2) is 5.16 Å². The molecule has 2 aromatic rings. The van der Waals surface area contributed by atoms with Crippen molar-refractivity contribution in [2.75, 3.05) is 26.2 Å². The molecule has 0 aliphatic carbocycles. The van der Waals surface area contributed by atoms with E-state index in [-0.39, 0.29) is 5.91 Å². The maximum Gasteiger partial charge on any atom is 0.251 e. The second-order valence-electron chi connectivity index (χ2n) is 5.95. The van der Waals surface area contributed by atoms with Crippen molar-refractivity contribution < 1.29 is 4.79 Å². The molecular formula is C19H28N4OS. The Hall–Kier alpha value is -1.79. The van der Waals surface area contributed by atoms with Crippen molar-refractivity contribution in [1.82, 2.24) is 19.8 Å². The van der Waals surface area contributed by atoms with Gasteiger partial charge >= 0.3 is 0 Å². The summed E-state index contributed by atoms with van der Waals surface area (Å²) in [5.41, 5.74) is 1.85. The summed E-state index contributed by atoms with van der Waals surface area (Å²) in [6, 6.07) is 7.83. The van der Waals surface area contributed by atoms with Gasteiger partial charge in [0.1, 0.15) is 0 Å². The Morgan fingerprint density at radius 3 is 2.80 bits per heavy atom. The van der Waals surface area contributed by atoms with E-state index in [4.69, 9.17) is 0 Å². The highest BCUT2D eigenvalue weighted by atomic mass is 32.2. The number of benzene rings is 1. The molecule has 1 aromatic carbocycles. The number of thioether (sulfide) groups is 1. The van der Waals surface area contributed by atoms with Crippen LogP contribution in [0.3, 0.4) is 0 Å². The Morgan fingerprint density at radius 1 is 1.32 bits per heavy atom. The first-order valence-corrected chi connectivity index (χ1v) is 9.82. The molecular weight excluding hydrogens is 332 g/mol. The number of nitrogens with zero attached hydrogens (tertiary/aromatic N) is 3. The number of nitrogens with one attached hydrogen (secondary N) is 1. The van der Waals surface area contributed by atoms with E-state index in [9.17, 15) is 4.79 Å². The maximum absolute atomic E-state index is 12.3. The van der Waals surface area contributed by atoms with Crippen molar-refractivity contribution >= 4 is 17.7 Å². The highest BCUT2D eigenvalue weighted by molar-refractivity contribution is 7.98. The number of amides is 1. The first kappa shape index (κ1) is 19.5. The third kappa shape index (κ3) is 6.21. The van der Waals surface area contributed by atoms with E-state index in [2.05, 4.69) is 29.0 Å². The minimum Gasteiger partial charge on any atom is -0.352 e. The zero-order valence-electron chi connectivity index (χ0n) is 15.4. The quantitative estimate of drug-likeness (QED) is 0.522. The van der Waals surface area contributed by atoms with Gasteiger partial charge in [-0.05, 0) is 43.8 Å². The summed E-state index contributed by atoms with van der Waals surface area (Å²) in [6.07, 6.45) is 4.71. The lowest BCUT2D eigenvalue weighted by Gasteiger charge is -2.17. The molecule has 0 bridgehead atoms. The molecule has 1 heterocycles. The minimum atomic E-state index is 0.00314. The molecule has 0 unspecified atom stereocenters. The number of aromatic nitrogens is 2. The predicted molar refractivity (Wildman–Crippen MR) is 104 cm³/mol. The van der Waals surface area contributed by atoms with Crippen LogP contribution in [-0.4, -0.2) is 46.5 Å². The zero-order chi connectivity index (χ0) is 18.1. The molecule has 6 heteroatoms. The summed E-state index contributed by atoms with van der Waals surface area (Å²) >= 11 is 1.67. The Labute approximate surface area is 154 Å². The normalized spacial score (nSPS) is 11.0. The van der Waals surface area contributed by atoms with Crippen LogP contribution in [0.25, 0.3) is 0 Å². The standard InChI is InChI=1S/C19H28N4OS/c1-4-23(5-2)12-7-10-20-18(24)17-9-6-8-16(14-17)15-25-19-21-11-13-22(19)3/h6,8-9,11,13-14H,4-5,7,10,12,15H2,1-3H3,(H,20,24). The van der Waals surface area contributed by atoms with E-state index in [0.717, 1.165) is 48.1 Å². The van der Waals surface area contributed by atoms with Crippen LogP contribution in [-0.2, 0) is 12.8 Å². The molecule has 136 valence electrons. The Kier molecular flexibility index (Phi) is 8.01. The number of aryl methyl sites for hydroxylation is 1. The minimum absolute atomic E-state index is 0.00314. The van der Waals surface area contributed by atoms with Gasteiger partial charge in [-0.1, -0.05) is 37.7 Å². The molecule has 0 radical (unpaired) electrons. The van der Waals surface area contributed by atoms with Crippen LogP contribution in [0.1, 0.15) is 36.2 Å². The number of hydrogen-bond donors (Lipinski definition) is 1. The number of imidazole rings is 1. The molecule has 0 atom stereocenters. The average molecular weight is 361 g/mol. The highest BCUT2D eigenvalue weighted by Crippen LogP contribution is 2.21. The molecule has 2 rings (SSSR count). The average Bonchev–Trinajstić information content (AvgIpc) is 3.05. The molecule has 0 saturated heterocycles. The van der Waals surface area contributed by atoms with Gasteiger partial charge in [0.2, 0.25) is 0 Å². The lowest BCUT2D eigenvalue weighted by atomic mass is 10.1. The van der Waals surface area contributed by atoms with Crippen LogP contribution in [0.4, 0.5) is 0 Å². The lowest BCUT2D eigenvalue weighted by Crippen LogP contribution is -2.29. The number of hydrogen-bond acceptors (Lipinski definition) is 4. The van der Waals surface area contributed by atoms with Crippen LogP contribution >= 0.6 is 11.8 Å². The van der Waals surface area contributed by atoms with Crippen molar-refractivity contribution in [2.24, 2.45) is 7.05 Å². The SMILES string of the molecule is CCN(CC)CCCNC(=O)c1cccc(CSc2nccn2C)c1. The summed E-state index contributed by atoms with van der Waals surface area (Å²) in [5.74, 6) is 0.803. The van der Waals surface area contributed by atoms with Gasteiger partial charge in [-0.15, -0.1) is 0 Å². The number of rotatable bonds is 10. The third-order valence-electron chi connectivity index (χ3n) is 4.17. The number of carbonyl (C=O) groups excluding carboxylic acids is 1. The first-order valence-electron chi connectivity index (χ1n) is 8.83. The van der Waals surface area contributed by atoms with Gasteiger partial charge in [0.05, 0.1) is 0 Å². The fraction of sp³-hybridized carbons (Fsp3) is 0.474. The molecule has 1 N–H and O–H groups in total. The van der Waals surface area contributed by atoms with Crippen LogP contribution < -0.4 is 5.32 Å². The van der Waals surface area contributed by atoms with E-state index in [0.29, 0.717) is 6.54 Å². The van der Waals surface area contributed by atoms with Crippen LogP contribution in [0.5, 0.6) is 0 Å². The molecule has 0 saturated carbocycles. The van der Waals surface area contributed by atoms with E-state index < -0.39 is 0 Å². The monoisotopic (exact) mass is 360 g/mol. The van der Waals surface area contributed by atoms with Crippen molar-refractivity contribution in [3.8, 4) is 0 Å². The van der Waals surface area contributed by atoms with E-state index in [1.54, 1.807) is 18.0 Å². The predicted octanol–water partition coefficient (Wildman–Crippen LogP) is 3.17. The molecule has 0 fully saturated rings. The molecule has 0 aliphatic heterocycles. The summed E-state index contributed by atoms with van der Waals surface area (Å²) in [4.78, 5) is 19.0. The van der Waals surface area contributed by atoms with Crippen molar-refractivity contribution in [3.63, 3.8) is 0 Å². The Balaban J connectivity index is 1.81. The summed E-state index contributed by atoms with van der Waals surface area (Å²) in [6.45, 7) is 8.17. The number of carbonyl (C=O) groups is 1. The fourth-order valence-electron chi connectivity index (χ4n) is 2.59. The van der Waals surface area contributed by atoms with Crippen molar-refractivity contribution in [3.05, 3.63) is 47.8 Å². The van der Waals surface area contributed by atoms with Gasteiger partial charge < -0.3 is 14.8 Å². The lowest BCUT2D eigenvalue weighted by molar-refractivity contribution is 0.0951. The summed E-state index contributed by atoms with van der Waals surface area (Å²) in [7, 11) is 1.98. The maximum atomic E-state index is 12.3. The Bertz CT molecular complexity index is 667. The summed E-state index contributed by atoms with van der Waals surface area (Å²) < 4.78 is 2.00. The van der Waals surface area contributed by atoms with Gasteiger partial charge in [-0.2, -0.15) is 0 Å². The van der Waals surface area contributed by atoms with E-state index >= 15 is 0 Å². The molecule has 1 aromatic heterocycles. The first-order chi connectivity index (χ1) is 12.1. The fourth-order valence-corrected chi connectivity index (χ4v) is 3.46. The van der Waals surface area contributed by atoms with Crippen LogP contribution in [0, 0.1) is 0 Å². The summed E-state index contributed by atoms with van der Waals surface area (Å²) in [5, 5.41) is 4.00. The smallest absolute Gasteiger partial charge is 0.251 e. The molecule has 1 amide bonds. The van der Waals surface area contributed by atoms with Gasteiger partial charge in [-0.25, -0.2) is 4.98 Å².